The molecule has 2 fully saturated rings. The fraction of sp³-hybridized carbons (Fsp3) is 0.588. The van der Waals surface area contributed by atoms with Crippen LogP contribution in [0.4, 0.5) is 8.78 Å². The third-order valence-electron chi connectivity index (χ3n) is 5.24. The van der Waals surface area contributed by atoms with E-state index in [0.717, 1.165) is 24.0 Å². The van der Waals surface area contributed by atoms with E-state index in [1.807, 2.05) is 25.1 Å². The number of fused-ring (bicyclic) bond motifs is 1. The predicted octanol–water partition coefficient (Wildman–Crippen LogP) is 4.09. The van der Waals surface area contributed by atoms with E-state index < -0.39 is 11.8 Å². The van der Waals surface area contributed by atoms with Crippen molar-refractivity contribution in [2.45, 2.75) is 58.0 Å². The Labute approximate surface area is 124 Å². The molecule has 114 valence electrons. The maximum absolute atomic E-state index is 13.5. The fourth-order valence-electron chi connectivity index (χ4n) is 3.99. The van der Waals surface area contributed by atoms with Gasteiger partial charge in [-0.2, -0.15) is 0 Å². The van der Waals surface area contributed by atoms with Gasteiger partial charge in [-0.25, -0.2) is 8.78 Å². The smallest absolute Gasteiger partial charge is 0.252 e. The van der Waals surface area contributed by atoms with Crippen LogP contribution in [0.1, 0.15) is 49.8 Å². The van der Waals surface area contributed by atoms with Gasteiger partial charge in [0.15, 0.2) is 0 Å². The molecule has 21 heavy (non-hydrogen) atoms. The zero-order valence-corrected chi connectivity index (χ0v) is 12.5. The van der Waals surface area contributed by atoms with Gasteiger partial charge in [0.2, 0.25) is 5.91 Å². The van der Waals surface area contributed by atoms with Crippen molar-refractivity contribution in [1.82, 2.24) is 4.90 Å². The van der Waals surface area contributed by atoms with Crippen LogP contribution in [0.25, 0.3) is 0 Å². The first-order valence-electron chi connectivity index (χ1n) is 7.67. The Kier molecular flexibility index (Phi) is 3.50. The minimum atomic E-state index is -2.57. The summed E-state index contributed by atoms with van der Waals surface area (Å²) in [5.74, 6) is -0.339. The molecule has 2 saturated heterocycles. The van der Waals surface area contributed by atoms with E-state index in [4.69, 9.17) is 0 Å². The van der Waals surface area contributed by atoms with Crippen molar-refractivity contribution >= 4 is 5.91 Å². The van der Waals surface area contributed by atoms with Crippen LogP contribution in [-0.2, 0) is 4.79 Å². The molecule has 0 N–H and O–H groups in total. The summed E-state index contributed by atoms with van der Waals surface area (Å²) in [5.41, 5.74) is 0.762. The van der Waals surface area contributed by atoms with Gasteiger partial charge < -0.3 is 4.90 Å². The second-order valence-corrected chi connectivity index (χ2v) is 6.39. The maximum Gasteiger partial charge on any atom is 0.252 e. The summed E-state index contributed by atoms with van der Waals surface area (Å²) in [6.07, 6.45) is -0.333. The first kappa shape index (κ1) is 14.5. The highest BCUT2D eigenvalue weighted by Gasteiger charge is 2.59. The highest BCUT2D eigenvalue weighted by Crippen LogP contribution is 2.52. The highest BCUT2D eigenvalue weighted by molar-refractivity contribution is 5.86. The van der Waals surface area contributed by atoms with Gasteiger partial charge in [0.1, 0.15) is 5.41 Å². The molecular formula is C17H21F2NO. The van der Waals surface area contributed by atoms with E-state index in [2.05, 4.69) is 6.07 Å². The summed E-state index contributed by atoms with van der Waals surface area (Å²) in [6, 6.07) is 8.00. The lowest BCUT2D eigenvalue weighted by atomic mass is 9.81. The summed E-state index contributed by atoms with van der Waals surface area (Å²) in [4.78, 5) is 14.5. The van der Waals surface area contributed by atoms with Gasteiger partial charge in [-0.3, -0.25) is 4.79 Å². The van der Waals surface area contributed by atoms with Crippen LogP contribution in [0.15, 0.2) is 24.3 Å². The van der Waals surface area contributed by atoms with Gasteiger partial charge in [0.25, 0.3) is 6.43 Å². The topological polar surface area (TPSA) is 20.3 Å². The molecule has 0 bridgehead atoms. The molecular weight excluding hydrogens is 272 g/mol. The van der Waals surface area contributed by atoms with Crippen molar-refractivity contribution in [3.8, 4) is 0 Å². The van der Waals surface area contributed by atoms with Crippen LogP contribution >= 0.6 is 0 Å². The van der Waals surface area contributed by atoms with E-state index in [1.54, 1.807) is 11.8 Å². The Morgan fingerprint density at radius 2 is 2.14 bits per heavy atom. The zero-order valence-electron chi connectivity index (χ0n) is 12.5. The monoisotopic (exact) mass is 293 g/mol. The molecule has 2 aliphatic rings. The molecule has 1 amide bonds. The molecule has 2 heterocycles. The summed E-state index contributed by atoms with van der Waals surface area (Å²) in [6.45, 7) is 3.71. The van der Waals surface area contributed by atoms with Crippen molar-refractivity contribution in [1.29, 1.82) is 0 Å². The first-order chi connectivity index (χ1) is 9.99. The average molecular weight is 293 g/mol. The molecule has 3 atom stereocenters. The Morgan fingerprint density at radius 1 is 1.38 bits per heavy atom. The molecule has 0 spiro atoms. The summed E-state index contributed by atoms with van der Waals surface area (Å²) in [7, 11) is 0. The third kappa shape index (κ3) is 2.07. The minimum Gasteiger partial charge on any atom is -0.332 e. The molecule has 3 rings (SSSR count). The van der Waals surface area contributed by atoms with Crippen LogP contribution in [0.2, 0.25) is 0 Å². The molecule has 4 heteroatoms. The van der Waals surface area contributed by atoms with E-state index in [9.17, 15) is 13.6 Å². The lowest BCUT2D eigenvalue weighted by Gasteiger charge is -2.29. The Morgan fingerprint density at radius 3 is 2.76 bits per heavy atom. The van der Waals surface area contributed by atoms with Crippen molar-refractivity contribution in [2.75, 3.05) is 0 Å². The number of carbonyl (C=O) groups is 1. The zero-order chi connectivity index (χ0) is 15.2. The predicted molar refractivity (Wildman–Crippen MR) is 77.1 cm³/mol. The quantitative estimate of drug-likeness (QED) is 0.822. The van der Waals surface area contributed by atoms with Gasteiger partial charge in [-0.05, 0) is 38.2 Å². The maximum atomic E-state index is 13.5. The van der Waals surface area contributed by atoms with Crippen molar-refractivity contribution in [3.05, 3.63) is 35.4 Å². The second kappa shape index (κ2) is 5.08. The number of benzene rings is 1. The molecule has 2 nitrogen and oxygen atoms in total. The molecule has 1 aromatic carbocycles. The van der Waals surface area contributed by atoms with Crippen LogP contribution in [-0.4, -0.2) is 23.3 Å². The van der Waals surface area contributed by atoms with Gasteiger partial charge in [0, 0.05) is 6.04 Å². The van der Waals surface area contributed by atoms with Crippen molar-refractivity contribution in [2.24, 2.45) is 5.41 Å². The van der Waals surface area contributed by atoms with Crippen LogP contribution in [0, 0.1) is 12.3 Å². The van der Waals surface area contributed by atoms with Crippen molar-refractivity contribution in [3.63, 3.8) is 0 Å². The van der Waals surface area contributed by atoms with Crippen LogP contribution in [0.3, 0.4) is 0 Å². The summed E-state index contributed by atoms with van der Waals surface area (Å²) in [5, 5.41) is 0. The number of rotatable bonds is 3. The number of carbonyl (C=O) groups excluding carboxylic acids is 1. The van der Waals surface area contributed by atoms with Crippen LogP contribution in [0.5, 0.6) is 0 Å². The Hall–Kier alpha value is -1.45. The summed E-state index contributed by atoms with van der Waals surface area (Å²) < 4.78 is 27.0. The number of aryl methyl sites for hydroxylation is 1. The number of nitrogens with zero attached hydrogens (tertiary/aromatic N) is 1. The molecule has 0 unspecified atom stereocenters. The van der Waals surface area contributed by atoms with E-state index in [-0.39, 0.29) is 24.4 Å². The largest absolute Gasteiger partial charge is 0.332 e. The van der Waals surface area contributed by atoms with Gasteiger partial charge >= 0.3 is 0 Å². The SMILES string of the molecule is CC[C@]1(C(F)F)C[C@H]2CC[C@@H](c3cccc(C)c3)N2C1=O. The third-order valence-corrected chi connectivity index (χ3v) is 5.24. The van der Waals surface area contributed by atoms with Gasteiger partial charge in [-0.15, -0.1) is 0 Å². The number of alkyl halides is 2. The molecule has 0 aliphatic carbocycles. The van der Waals surface area contributed by atoms with Gasteiger partial charge in [-0.1, -0.05) is 36.8 Å². The summed E-state index contributed by atoms with van der Waals surface area (Å²) >= 11 is 0. The molecule has 0 aromatic heterocycles. The normalized spacial score (nSPS) is 32.0. The first-order valence-corrected chi connectivity index (χ1v) is 7.67. The lowest BCUT2D eigenvalue weighted by molar-refractivity contribution is -0.146. The van der Waals surface area contributed by atoms with E-state index in [0.29, 0.717) is 6.42 Å². The molecule has 0 radical (unpaired) electrons. The molecule has 1 aromatic rings. The lowest BCUT2D eigenvalue weighted by Crippen LogP contribution is -2.40. The number of hydrogen-bond acceptors (Lipinski definition) is 1. The number of amides is 1. The number of halogens is 2. The van der Waals surface area contributed by atoms with E-state index >= 15 is 0 Å². The Bertz CT molecular complexity index is 559. The highest BCUT2D eigenvalue weighted by atomic mass is 19.3. The van der Waals surface area contributed by atoms with Crippen molar-refractivity contribution < 1.29 is 13.6 Å². The number of hydrogen-bond donors (Lipinski definition) is 0. The van der Waals surface area contributed by atoms with Crippen LogP contribution < -0.4 is 0 Å². The molecule has 0 saturated carbocycles. The minimum absolute atomic E-state index is 0.0167. The Balaban J connectivity index is 1.94. The fourth-order valence-corrected chi connectivity index (χ4v) is 3.99. The molecule has 2 aliphatic heterocycles. The average Bonchev–Trinajstić information content (AvgIpc) is 2.98. The van der Waals surface area contributed by atoms with E-state index in [1.165, 1.54) is 0 Å². The second-order valence-electron chi connectivity index (χ2n) is 6.39. The standard InChI is InChI=1S/C17H21F2NO/c1-3-17(15(18)19)10-13-7-8-14(20(13)16(17)21)12-6-4-5-11(2)9-12/h4-6,9,13-15H,3,7-8,10H2,1-2H3/t13-,14+,17-/m1/s1. The van der Waals surface area contributed by atoms with Gasteiger partial charge in [0.05, 0.1) is 6.04 Å².